The van der Waals surface area contributed by atoms with Crippen molar-refractivity contribution >= 4 is 6.47 Å². The second-order valence-electron chi connectivity index (χ2n) is 5.23. The smallest absolute Gasteiger partial charge is 0.290 e. The van der Waals surface area contributed by atoms with E-state index < -0.39 is 0 Å². The third-order valence-electron chi connectivity index (χ3n) is 2.21. The molecule has 0 radical (unpaired) electrons. The lowest BCUT2D eigenvalue weighted by molar-refractivity contribution is -0.122. The quantitative estimate of drug-likeness (QED) is 0.691. The monoisotopic (exact) mass is 261 g/mol. The van der Waals surface area contributed by atoms with Crippen LogP contribution < -0.4 is 5.32 Å². The van der Waals surface area contributed by atoms with Gasteiger partial charge in [-0.05, 0) is 37.8 Å². The third kappa shape index (κ3) is 36.1. The predicted octanol–water partition coefficient (Wildman–Crippen LogP) is 4.32. The fourth-order valence-corrected chi connectivity index (χ4v) is 1.55. The number of nitrogens with one attached hydrogen (secondary N) is 1. The molecule has 0 spiro atoms. The van der Waals surface area contributed by atoms with Crippen LogP contribution in [0.2, 0.25) is 0 Å². The van der Waals surface area contributed by atoms with Gasteiger partial charge in [0.15, 0.2) is 0 Å². The van der Waals surface area contributed by atoms with Crippen LogP contribution in [0.3, 0.4) is 0 Å². The van der Waals surface area contributed by atoms with E-state index in [0.717, 1.165) is 0 Å². The fourth-order valence-electron chi connectivity index (χ4n) is 1.55. The Balaban J connectivity index is -0.000000186. The molecular weight excluding hydrogens is 226 g/mol. The van der Waals surface area contributed by atoms with Crippen LogP contribution in [0.1, 0.15) is 73.6 Å². The van der Waals surface area contributed by atoms with Gasteiger partial charge in [-0.3, -0.25) is 4.79 Å². The van der Waals surface area contributed by atoms with Crippen molar-refractivity contribution in [3.05, 3.63) is 0 Å². The molecule has 0 bridgehead atoms. The van der Waals surface area contributed by atoms with Crippen molar-refractivity contribution in [3.8, 4) is 0 Å². The Morgan fingerprint density at radius 1 is 1.11 bits per heavy atom. The van der Waals surface area contributed by atoms with Crippen molar-refractivity contribution in [2.24, 2.45) is 5.41 Å². The van der Waals surface area contributed by atoms with E-state index in [9.17, 15) is 0 Å². The summed E-state index contributed by atoms with van der Waals surface area (Å²) in [6.45, 7) is 15.3. The van der Waals surface area contributed by atoms with Crippen molar-refractivity contribution in [1.82, 2.24) is 5.32 Å². The molecule has 0 atom stereocenters. The Kier molecular flexibility index (Phi) is 23.6. The number of carboxylic acid groups (broad SMARTS) is 1. The van der Waals surface area contributed by atoms with Crippen molar-refractivity contribution in [3.63, 3.8) is 0 Å². The second kappa shape index (κ2) is 18.8. The molecule has 0 aliphatic carbocycles. The van der Waals surface area contributed by atoms with Gasteiger partial charge in [0.05, 0.1) is 0 Å². The summed E-state index contributed by atoms with van der Waals surface area (Å²) in [6, 6.07) is 0. The number of carbonyl (C=O) groups is 1. The molecule has 1 rings (SSSR count). The predicted molar refractivity (Wildman–Crippen MR) is 81.1 cm³/mol. The Bertz CT molecular complexity index is 126. The van der Waals surface area contributed by atoms with Gasteiger partial charge in [-0.1, -0.05) is 54.4 Å². The molecule has 0 unspecified atom stereocenters. The van der Waals surface area contributed by atoms with Gasteiger partial charge in [-0.15, -0.1) is 0 Å². The summed E-state index contributed by atoms with van der Waals surface area (Å²) < 4.78 is 0. The first-order chi connectivity index (χ1) is 8.47. The van der Waals surface area contributed by atoms with E-state index in [1.165, 1.54) is 45.2 Å². The number of hydrogen-bond donors (Lipinski definition) is 2. The average Bonchev–Trinajstić information content (AvgIpc) is 2.34. The highest BCUT2D eigenvalue weighted by molar-refractivity contribution is 5.32. The van der Waals surface area contributed by atoms with Crippen LogP contribution in [0.15, 0.2) is 0 Å². The van der Waals surface area contributed by atoms with Crippen LogP contribution in [-0.2, 0) is 4.79 Å². The highest BCUT2D eigenvalue weighted by atomic mass is 16.3. The molecule has 0 aromatic rings. The van der Waals surface area contributed by atoms with Gasteiger partial charge in [-0.2, -0.15) is 0 Å². The standard InChI is InChI=1S/C7H16.C5H11N.C2H6.CH2O2/c1-5-6-7(2,3)4;1-2-4-6-5-3-1;1-2;2-1-3/h5-6H2,1-4H3;6H,1-5H2;1-2H3;1H,(H,2,3). The van der Waals surface area contributed by atoms with Gasteiger partial charge in [0.1, 0.15) is 0 Å². The molecule has 0 saturated carbocycles. The Hall–Kier alpha value is -0.570. The van der Waals surface area contributed by atoms with Crippen LogP contribution in [0.25, 0.3) is 0 Å². The molecule has 0 aromatic heterocycles. The summed E-state index contributed by atoms with van der Waals surface area (Å²) in [5, 5.41) is 10.2. The van der Waals surface area contributed by atoms with Gasteiger partial charge in [0, 0.05) is 0 Å². The van der Waals surface area contributed by atoms with E-state index >= 15 is 0 Å². The minimum Gasteiger partial charge on any atom is -0.483 e. The number of rotatable bonds is 1. The van der Waals surface area contributed by atoms with E-state index in [1.54, 1.807) is 0 Å². The molecule has 1 heterocycles. The lowest BCUT2D eigenvalue weighted by atomic mass is 9.91. The van der Waals surface area contributed by atoms with Crippen LogP contribution in [-0.4, -0.2) is 24.7 Å². The first-order valence-corrected chi connectivity index (χ1v) is 7.26. The lowest BCUT2D eigenvalue weighted by Crippen LogP contribution is -2.21. The minimum atomic E-state index is -0.250. The van der Waals surface area contributed by atoms with Crippen molar-refractivity contribution < 1.29 is 9.90 Å². The number of piperidine rings is 1. The maximum Gasteiger partial charge on any atom is 0.290 e. The molecule has 0 amide bonds. The summed E-state index contributed by atoms with van der Waals surface area (Å²) in [7, 11) is 0. The van der Waals surface area contributed by atoms with Crippen molar-refractivity contribution in [1.29, 1.82) is 0 Å². The zero-order chi connectivity index (χ0) is 14.9. The molecule has 18 heavy (non-hydrogen) atoms. The Morgan fingerprint density at radius 3 is 1.56 bits per heavy atom. The SMILES string of the molecule is C1CCNCC1.CC.CCCC(C)(C)C.O=CO. The van der Waals surface area contributed by atoms with Crippen molar-refractivity contribution in [2.75, 3.05) is 13.1 Å². The molecular formula is C15H35NO2. The molecule has 0 aromatic carbocycles. The molecule has 1 fully saturated rings. The van der Waals surface area contributed by atoms with Gasteiger partial charge < -0.3 is 10.4 Å². The zero-order valence-corrected chi connectivity index (χ0v) is 13.4. The van der Waals surface area contributed by atoms with E-state index in [4.69, 9.17) is 9.90 Å². The van der Waals surface area contributed by atoms with Gasteiger partial charge >= 0.3 is 0 Å². The van der Waals surface area contributed by atoms with Crippen LogP contribution >= 0.6 is 0 Å². The summed E-state index contributed by atoms with van der Waals surface area (Å²) in [5.41, 5.74) is 0.550. The third-order valence-corrected chi connectivity index (χ3v) is 2.21. The molecule has 1 aliphatic heterocycles. The lowest BCUT2D eigenvalue weighted by Gasteiger charge is -2.15. The fraction of sp³-hybridized carbons (Fsp3) is 0.933. The first kappa shape index (κ1) is 22.6. The van der Waals surface area contributed by atoms with Crippen LogP contribution in [0.5, 0.6) is 0 Å². The number of hydrogen-bond acceptors (Lipinski definition) is 2. The van der Waals surface area contributed by atoms with Gasteiger partial charge in [-0.25, -0.2) is 0 Å². The molecule has 1 saturated heterocycles. The highest BCUT2D eigenvalue weighted by Gasteiger charge is 2.06. The zero-order valence-electron chi connectivity index (χ0n) is 13.4. The van der Waals surface area contributed by atoms with E-state index in [2.05, 4.69) is 33.0 Å². The topological polar surface area (TPSA) is 49.3 Å². The normalized spacial score (nSPS) is 13.7. The first-order valence-electron chi connectivity index (χ1n) is 7.26. The summed E-state index contributed by atoms with van der Waals surface area (Å²) in [4.78, 5) is 8.36. The van der Waals surface area contributed by atoms with Gasteiger partial charge in [0.2, 0.25) is 0 Å². The molecule has 1 aliphatic rings. The molecule has 112 valence electrons. The molecule has 3 heteroatoms. The summed E-state index contributed by atoms with van der Waals surface area (Å²) >= 11 is 0. The van der Waals surface area contributed by atoms with Crippen LogP contribution in [0.4, 0.5) is 0 Å². The average molecular weight is 261 g/mol. The maximum atomic E-state index is 8.36. The maximum absolute atomic E-state index is 8.36. The van der Waals surface area contributed by atoms with E-state index in [0.29, 0.717) is 5.41 Å². The Morgan fingerprint density at radius 2 is 1.50 bits per heavy atom. The van der Waals surface area contributed by atoms with Crippen LogP contribution in [0, 0.1) is 5.41 Å². The molecule has 2 N–H and O–H groups in total. The van der Waals surface area contributed by atoms with Gasteiger partial charge in [0.25, 0.3) is 6.47 Å². The largest absolute Gasteiger partial charge is 0.483 e. The summed E-state index contributed by atoms with van der Waals surface area (Å²) in [5.74, 6) is 0. The Labute approximate surface area is 114 Å². The molecule has 3 nitrogen and oxygen atoms in total. The van der Waals surface area contributed by atoms with E-state index in [1.807, 2.05) is 13.8 Å². The summed E-state index contributed by atoms with van der Waals surface area (Å²) in [6.07, 6.45) is 6.86. The van der Waals surface area contributed by atoms with Crippen molar-refractivity contribution in [2.45, 2.75) is 73.6 Å². The highest BCUT2D eigenvalue weighted by Crippen LogP contribution is 2.19. The van der Waals surface area contributed by atoms with E-state index in [-0.39, 0.29) is 6.47 Å². The minimum absolute atomic E-state index is 0.250. The second-order valence-corrected chi connectivity index (χ2v) is 5.23.